The molecule has 0 spiro atoms. The number of amides is 3. The van der Waals surface area contributed by atoms with Gasteiger partial charge in [-0.05, 0) is 36.0 Å². The average Bonchev–Trinajstić information content (AvgIpc) is 3.39. The SMILES string of the molecule is CCC(C)C(NC(=O)C(Cc1ccc(O)cc1)NC(=O)C(Cc1cnc[nH]1)NC(=O)C(N)CC(C)C)C(=O)O. The number of phenolic OH excluding ortho intramolecular Hbond substituents is 1. The van der Waals surface area contributed by atoms with E-state index >= 15 is 0 Å². The number of carbonyl (C=O) groups is 4. The summed E-state index contributed by atoms with van der Waals surface area (Å²) in [6, 6.07) is 1.85. The topological polar surface area (TPSA) is 200 Å². The number of nitrogens with one attached hydrogen (secondary N) is 4. The van der Waals surface area contributed by atoms with Gasteiger partial charge < -0.3 is 36.9 Å². The van der Waals surface area contributed by atoms with Crippen LogP contribution in [0.25, 0.3) is 0 Å². The second-order valence-electron chi connectivity index (χ2n) is 10.2. The van der Waals surface area contributed by atoms with Crippen LogP contribution in [0.2, 0.25) is 0 Å². The molecule has 1 aromatic heterocycles. The van der Waals surface area contributed by atoms with Crippen molar-refractivity contribution in [1.82, 2.24) is 25.9 Å². The number of benzene rings is 1. The summed E-state index contributed by atoms with van der Waals surface area (Å²) < 4.78 is 0. The predicted molar refractivity (Wildman–Crippen MR) is 144 cm³/mol. The van der Waals surface area contributed by atoms with Crippen LogP contribution in [0.4, 0.5) is 0 Å². The van der Waals surface area contributed by atoms with Gasteiger partial charge in [-0.1, -0.05) is 46.2 Å². The van der Waals surface area contributed by atoms with Crippen molar-refractivity contribution in [2.24, 2.45) is 17.6 Å². The molecule has 0 fully saturated rings. The lowest BCUT2D eigenvalue weighted by atomic mass is 9.98. The lowest BCUT2D eigenvalue weighted by Crippen LogP contribution is -2.58. The molecular formula is C27H40N6O6. The number of aromatic amines is 1. The second kappa shape index (κ2) is 14.9. The number of aromatic nitrogens is 2. The molecule has 5 atom stereocenters. The van der Waals surface area contributed by atoms with E-state index in [0.717, 1.165) is 0 Å². The molecule has 0 radical (unpaired) electrons. The summed E-state index contributed by atoms with van der Waals surface area (Å²) in [5.74, 6) is -3.19. The second-order valence-corrected chi connectivity index (χ2v) is 10.2. The smallest absolute Gasteiger partial charge is 0.326 e. The van der Waals surface area contributed by atoms with Crippen molar-refractivity contribution in [2.75, 3.05) is 0 Å². The Morgan fingerprint density at radius 3 is 2.08 bits per heavy atom. The Labute approximate surface area is 228 Å². The summed E-state index contributed by atoms with van der Waals surface area (Å²) >= 11 is 0. The van der Waals surface area contributed by atoms with Crippen LogP contribution in [0.5, 0.6) is 5.75 Å². The number of H-pyrrole nitrogens is 1. The van der Waals surface area contributed by atoms with Crippen molar-refractivity contribution >= 4 is 23.7 Å². The van der Waals surface area contributed by atoms with Crippen molar-refractivity contribution < 1.29 is 29.4 Å². The van der Waals surface area contributed by atoms with E-state index in [0.29, 0.717) is 24.1 Å². The molecule has 0 saturated heterocycles. The van der Waals surface area contributed by atoms with E-state index in [1.165, 1.54) is 24.7 Å². The van der Waals surface area contributed by atoms with Gasteiger partial charge in [0.15, 0.2) is 0 Å². The van der Waals surface area contributed by atoms with Gasteiger partial charge in [-0.2, -0.15) is 0 Å². The minimum atomic E-state index is -1.18. The number of rotatable bonds is 15. The van der Waals surface area contributed by atoms with Gasteiger partial charge in [0.1, 0.15) is 23.9 Å². The van der Waals surface area contributed by atoms with Gasteiger partial charge >= 0.3 is 5.97 Å². The monoisotopic (exact) mass is 544 g/mol. The number of aliphatic carboxylic acids is 1. The highest BCUT2D eigenvalue weighted by Gasteiger charge is 2.32. The van der Waals surface area contributed by atoms with E-state index in [4.69, 9.17) is 5.73 Å². The highest BCUT2D eigenvalue weighted by molar-refractivity contribution is 5.94. The van der Waals surface area contributed by atoms with Gasteiger partial charge in [0.2, 0.25) is 17.7 Å². The summed E-state index contributed by atoms with van der Waals surface area (Å²) in [6.07, 6.45) is 3.97. The van der Waals surface area contributed by atoms with E-state index in [9.17, 15) is 29.4 Å². The van der Waals surface area contributed by atoms with Crippen molar-refractivity contribution in [2.45, 2.75) is 77.5 Å². The van der Waals surface area contributed by atoms with Crippen LogP contribution in [-0.4, -0.2) is 68.0 Å². The van der Waals surface area contributed by atoms with Crippen LogP contribution in [-0.2, 0) is 32.0 Å². The zero-order valence-electron chi connectivity index (χ0n) is 22.8. The number of carboxylic acids is 1. The zero-order chi connectivity index (χ0) is 29.1. The first kappa shape index (κ1) is 31.3. The van der Waals surface area contributed by atoms with Crippen molar-refractivity contribution in [3.63, 3.8) is 0 Å². The highest BCUT2D eigenvalue weighted by atomic mass is 16.4. The molecule has 0 aliphatic carbocycles. The molecule has 39 heavy (non-hydrogen) atoms. The fraction of sp³-hybridized carbons (Fsp3) is 0.519. The summed E-state index contributed by atoms with van der Waals surface area (Å²) in [5, 5.41) is 27.2. The van der Waals surface area contributed by atoms with Gasteiger partial charge in [-0.15, -0.1) is 0 Å². The minimum Gasteiger partial charge on any atom is -0.508 e. The third-order valence-corrected chi connectivity index (χ3v) is 6.46. The third kappa shape index (κ3) is 10.0. The van der Waals surface area contributed by atoms with Gasteiger partial charge in [0, 0.05) is 24.7 Å². The standard InChI is InChI=1S/C27H40N6O6/c1-5-16(4)23(27(38)39)33-26(37)21(11-17-6-8-19(34)9-7-17)32-25(36)22(12-18-13-29-14-30-18)31-24(35)20(28)10-15(2)3/h6-9,13-16,20-23,34H,5,10-12,28H2,1-4H3,(H,29,30)(H,31,35)(H,32,36)(H,33,37)(H,38,39). The summed E-state index contributed by atoms with van der Waals surface area (Å²) in [7, 11) is 0. The van der Waals surface area contributed by atoms with Crippen LogP contribution in [0, 0.1) is 11.8 Å². The molecule has 0 aliphatic rings. The van der Waals surface area contributed by atoms with E-state index in [-0.39, 0.29) is 30.4 Å². The number of hydrogen-bond acceptors (Lipinski definition) is 7. The maximum Gasteiger partial charge on any atom is 0.326 e. The summed E-state index contributed by atoms with van der Waals surface area (Å²) in [4.78, 5) is 58.2. The lowest BCUT2D eigenvalue weighted by molar-refractivity contribution is -0.143. The molecule has 1 aromatic carbocycles. The molecule has 8 N–H and O–H groups in total. The van der Waals surface area contributed by atoms with Gasteiger partial charge in [0.05, 0.1) is 12.4 Å². The molecule has 3 amide bonds. The lowest BCUT2D eigenvalue weighted by Gasteiger charge is -2.26. The molecule has 0 aliphatic heterocycles. The van der Waals surface area contributed by atoms with Gasteiger partial charge in [0.25, 0.3) is 0 Å². The fourth-order valence-electron chi connectivity index (χ4n) is 4.01. The van der Waals surface area contributed by atoms with E-state index < -0.39 is 47.9 Å². The molecule has 214 valence electrons. The summed E-state index contributed by atoms with van der Waals surface area (Å²) in [5.41, 5.74) is 7.23. The van der Waals surface area contributed by atoms with Crippen LogP contribution in [0.1, 0.15) is 51.8 Å². The maximum atomic E-state index is 13.5. The van der Waals surface area contributed by atoms with Gasteiger partial charge in [-0.25, -0.2) is 9.78 Å². The molecule has 12 nitrogen and oxygen atoms in total. The van der Waals surface area contributed by atoms with Gasteiger partial charge in [-0.3, -0.25) is 14.4 Å². The third-order valence-electron chi connectivity index (χ3n) is 6.46. The molecule has 2 rings (SSSR count). The van der Waals surface area contributed by atoms with E-state index in [1.54, 1.807) is 19.1 Å². The van der Waals surface area contributed by atoms with Crippen molar-refractivity contribution in [3.8, 4) is 5.75 Å². The number of phenols is 1. The molecule has 0 saturated carbocycles. The Hall–Kier alpha value is -3.93. The number of aromatic hydroxyl groups is 1. The Bertz CT molecular complexity index is 1090. The Morgan fingerprint density at radius 1 is 0.949 bits per heavy atom. The first-order valence-corrected chi connectivity index (χ1v) is 13.1. The summed E-state index contributed by atoms with van der Waals surface area (Å²) in [6.45, 7) is 7.38. The number of nitrogens with two attached hydrogens (primary N) is 1. The number of carbonyl (C=O) groups excluding carboxylic acids is 3. The number of imidazole rings is 1. The first-order chi connectivity index (χ1) is 18.4. The van der Waals surface area contributed by atoms with Crippen LogP contribution < -0.4 is 21.7 Å². The van der Waals surface area contributed by atoms with Crippen LogP contribution in [0.15, 0.2) is 36.8 Å². The molecule has 5 unspecified atom stereocenters. The van der Waals surface area contributed by atoms with E-state index in [1.807, 2.05) is 20.8 Å². The fourth-order valence-corrected chi connectivity index (χ4v) is 4.01. The zero-order valence-corrected chi connectivity index (χ0v) is 22.8. The van der Waals surface area contributed by atoms with Crippen molar-refractivity contribution in [3.05, 3.63) is 48.0 Å². The number of carboxylic acid groups (broad SMARTS) is 1. The predicted octanol–water partition coefficient (Wildman–Crippen LogP) is 0.859. The minimum absolute atomic E-state index is 0.0162. The molecule has 1 heterocycles. The molecular weight excluding hydrogens is 504 g/mol. The number of nitrogens with zero attached hydrogens (tertiary/aromatic N) is 1. The average molecular weight is 545 g/mol. The largest absolute Gasteiger partial charge is 0.508 e. The maximum absolute atomic E-state index is 13.5. The van der Waals surface area contributed by atoms with E-state index in [2.05, 4.69) is 25.9 Å². The number of hydrogen-bond donors (Lipinski definition) is 7. The molecule has 2 aromatic rings. The molecule has 12 heteroatoms. The van der Waals surface area contributed by atoms with Crippen molar-refractivity contribution in [1.29, 1.82) is 0 Å². The Kier molecular flexibility index (Phi) is 11.9. The normalized spacial score (nSPS) is 15.0. The van der Waals surface area contributed by atoms with Crippen LogP contribution >= 0.6 is 0 Å². The highest BCUT2D eigenvalue weighted by Crippen LogP contribution is 2.14. The van der Waals surface area contributed by atoms with Crippen LogP contribution in [0.3, 0.4) is 0 Å². The molecule has 0 bridgehead atoms. The Morgan fingerprint density at radius 2 is 1.54 bits per heavy atom. The Balaban J connectivity index is 2.30. The quantitative estimate of drug-likeness (QED) is 0.171. The first-order valence-electron chi connectivity index (χ1n) is 13.1.